The van der Waals surface area contributed by atoms with Crippen LogP contribution in [0.5, 0.6) is 5.75 Å². The third-order valence-corrected chi connectivity index (χ3v) is 4.49. The number of ether oxygens (including phenoxy) is 1. The molecule has 0 unspecified atom stereocenters. The van der Waals surface area contributed by atoms with Gasteiger partial charge >= 0.3 is 6.09 Å². The first-order valence-electron chi connectivity index (χ1n) is 8.15. The minimum Gasteiger partial charge on any atom is -0.497 e. The standard InChI is InChI=1S/C18H17ClN4O3/c1-25-13-4-2-3-12(8-13)21-18(24)26-23-6-5-16-15(10-23)14-7-11(19)9-20-17(14)22-16/h2-4,7-9H,5-6,10H2,1H3,(H,20,22)(H,21,24). The SMILES string of the molecule is COc1cccc(NC(=O)ON2CCc3[nH]c4ncc(Cl)cc4c3C2)c1. The van der Waals surface area contributed by atoms with Gasteiger partial charge in [0.1, 0.15) is 11.4 Å². The molecule has 0 aliphatic carbocycles. The first-order valence-corrected chi connectivity index (χ1v) is 8.53. The highest BCUT2D eigenvalue weighted by Gasteiger charge is 2.24. The molecule has 0 radical (unpaired) electrons. The number of aromatic amines is 1. The van der Waals surface area contributed by atoms with E-state index in [0.717, 1.165) is 28.7 Å². The number of anilines is 1. The quantitative estimate of drug-likeness (QED) is 0.732. The minimum absolute atomic E-state index is 0.475. The molecule has 2 N–H and O–H groups in total. The van der Waals surface area contributed by atoms with Gasteiger partial charge < -0.3 is 14.6 Å². The number of hydrogen-bond acceptors (Lipinski definition) is 5. The second-order valence-corrected chi connectivity index (χ2v) is 6.42. The largest absolute Gasteiger partial charge is 0.497 e. The van der Waals surface area contributed by atoms with Gasteiger partial charge in [-0.1, -0.05) is 17.7 Å². The van der Waals surface area contributed by atoms with Crippen LogP contribution in [-0.2, 0) is 17.8 Å². The molecular formula is C18H17ClN4O3. The molecule has 26 heavy (non-hydrogen) atoms. The van der Waals surface area contributed by atoms with Crippen molar-refractivity contribution in [1.82, 2.24) is 15.0 Å². The van der Waals surface area contributed by atoms with E-state index in [2.05, 4.69) is 15.3 Å². The Kier molecular flexibility index (Phi) is 4.40. The van der Waals surface area contributed by atoms with E-state index >= 15 is 0 Å². The molecule has 4 rings (SSSR count). The van der Waals surface area contributed by atoms with Gasteiger partial charge in [-0.3, -0.25) is 5.32 Å². The summed E-state index contributed by atoms with van der Waals surface area (Å²) < 4.78 is 5.14. The van der Waals surface area contributed by atoms with E-state index in [1.165, 1.54) is 0 Å². The molecule has 3 heterocycles. The van der Waals surface area contributed by atoms with Gasteiger partial charge in [-0.15, -0.1) is 5.06 Å². The number of pyridine rings is 1. The monoisotopic (exact) mass is 372 g/mol. The van der Waals surface area contributed by atoms with E-state index in [-0.39, 0.29) is 0 Å². The Morgan fingerprint density at radius 1 is 1.38 bits per heavy atom. The number of carbonyl (C=O) groups excluding carboxylic acids is 1. The minimum atomic E-state index is -0.544. The number of hydroxylamine groups is 2. The fourth-order valence-electron chi connectivity index (χ4n) is 3.07. The average Bonchev–Trinajstić information content (AvgIpc) is 2.99. The molecule has 0 saturated heterocycles. The second-order valence-electron chi connectivity index (χ2n) is 5.98. The van der Waals surface area contributed by atoms with Crippen molar-refractivity contribution >= 4 is 34.4 Å². The summed E-state index contributed by atoms with van der Waals surface area (Å²) in [4.78, 5) is 25.2. The van der Waals surface area contributed by atoms with Crippen molar-refractivity contribution < 1.29 is 14.4 Å². The maximum Gasteiger partial charge on any atom is 0.430 e. The van der Waals surface area contributed by atoms with Gasteiger partial charge in [0.25, 0.3) is 0 Å². The zero-order valence-corrected chi connectivity index (χ0v) is 14.8. The number of H-pyrrole nitrogens is 1. The van der Waals surface area contributed by atoms with Crippen molar-refractivity contribution in [3.63, 3.8) is 0 Å². The van der Waals surface area contributed by atoms with Crippen LogP contribution in [0.4, 0.5) is 10.5 Å². The summed E-state index contributed by atoms with van der Waals surface area (Å²) in [6.07, 6.45) is 1.80. The van der Waals surface area contributed by atoms with Gasteiger partial charge in [-0.25, -0.2) is 9.78 Å². The van der Waals surface area contributed by atoms with Crippen LogP contribution in [0, 0.1) is 0 Å². The van der Waals surface area contributed by atoms with Crippen LogP contribution in [0.2, 0.25) is 5.02 Å². The molecular weight excluding hydrogens is 356 g/mol. The predicted molar refractivity (Wildman–Crippen MR) is 98.3 cm³/mol. The van der Waals surface area contributed by atoms with Gasteiger partial charge in [-0.05, 0) is 23.8 Å². The van der Waals surface area contributed by atoms with E-state index in [1.54, 1.807) is 42.6 Å². The van der Waals surface area contributed by atoms with E-state index in [0.29, 0.717) is 29.5 Å². The van der Waals surface area contributed by atoms with Gasteiger partial charge in [0.05, 0.1) is 18.7 Å². The number of amides is 1. The highest BCUT2D eigenvalue weighted by atomic mass is 35.5. The Labute approximate surface area is 154 Å². The highest BCUT2D eigenvalue weighted by molar-refractivity contribution is 6.31. The molecule has 8 heteroatoms. The normalized spacial score (nSPS) is 14.1. The van der Waals surface area contributed by atoms with Gasteiger partial charge in [-0.2, -0.15) is 0 Å². The Hall–Kier alpha value is -2.77. The molecule has 0 fully saturated rings. The Morgan fingerprint density at radius 3 is 3.12 bits per heavy atom. The summed E-state index contributed by atoms with van der Waals surface area (Å²) in [7, 11) is 1.57. The number of hydrogen-bond donors (Lipinski definition) is 2. The number of benzene rings is 1. The Balaban J connectivity index is 1.46. The van der Waals surface area contributed by atoms with E-state index < -0.39 is 6.09 Å². The van der Waals surface area contributed by atoms with Crippen molar-refractivity contribution in [2.45, 2.75) is 13.0 Å². The van der Waals surface area contributed by atoms with Crippen LogP contribution in [0.25, 0.3) is 11.0 Å². The summed E-state index contributed by atoms with van der Waals surface area (Å²) in [5.41, 5.74) is 3.55. The van der Waals surface area contributed by atoms with Crippen molar-refractivity contribution in [1.29, 1.82) is 0 Å². The van der Waals surface area contributed by atoms with Gasteiger partial charge in [0, 0.05) is 42.0 Å². The molecule has 1 amide bonds. The van der Waals surface area contributed by atoms with Crippen LogP contribution in [0.1, 0.15) is 11.3 Å². The second kappa shape index (κ2) is 6.86. The summed E-state index contributed by atoms with van der Waals surface area (Å²) >= 11 is 6.06. The zero-order valence-electron chi connectivity index (χ0n) is 14.1. The lowest BCUT2D eigenvalue weighted by Gasteiger charge is -2.25. The lowest BCUT2D eigenvalue weighted by atomic mass is 10.1. The number of aromatic nitrogens is 2. The first-order chi connectivity index (χ1) is 12.6. The topological polar surface area (TPSA) is 79.5 Å². The maximum absolute atomic E-state index is 12.2. The van der Waals surface area contributed by atoms with Crippen molar-refractivity contribution in [3.8, 4) is 5.75 Å². The summed E-state index contributed by atoms with van der Waals surface area (Å²) in [5.74, 6) is 0.661. The van der Waals surface area contributed by atoms with E-state index in [1.807, 2.05) is 6.07 Å². The molecule has 1 aromatic carbocycles. The van der Waals surface area contributed by atoms with E-state index in [4.69, 9.17) is 21.2 Å². The molecule has 0 bridgehead atoms. The molecule has 7 nitrogen and oxygen atoms in total. The Morgan fingerprint density at radius 2 is 2.27 bits per heavy atom. The summed E-state index contributed by atoms with van der Waals surface area (Å²) in [6, 6.07) is 8.97. The van der Waals surface area contributed by atoms with Crippen LogP contribution in [-0.4, -0.2) is 34.8 Å². The van der Waals surface area contributed by atoms with Crippen molar-refractivity contribution in [2.75, 3.05) is 19.0 Å². The fourth-order valence-corrected chi connectivity index (χ4v) is 3.23. The maximum atomic E-state index is 12.2. The molecule has 1 aliphatic heterocycles. The molecule has 3 aromatic rings. The molecule has 134 valence electrons. The number of nitrogens with zero attached hydrogens (tertiary/aromatic N) is 2. The third kappa shape index (κ3) is 3.31. The number of halogens is 1. The number of fused-ring (bicyclic) bond motifs is 3. The number of rotatable bonds is 3. The van der Waals surface area contributed by atoms with Crippen LogP contribution in [0.3, 0.4) is 0 Å². The lowest BCUT2D eigenvalue weighted by Crippen LogP contribution is -2.34. The van der Waals surface area contributed by atoms with Crippen LogP contribution < -0.4 is 10.1 Å². The molecule has 1 aliphatic rings. The summed E-state index contributed by atoms with van der Waals surface area (Å²) in [6.45, 7) is 1.07. The Bertz CT molecular complexity index is 972. The van der Waals surface area contributed by atoms with Crippen molar-refractivity contribution in [2.24, 2.45) is 0 Å². The average molecular weight is 373 g/mol. The number of carbonyl (C=O) groups is 1. The van der Waals surface area contributed by atoms with E-state index in [9.17, 15) is 4.79 Å². The smallest absolute Gasteiger partial charge is 0.430 e. The molecule has 2 aromatic heterocycles. The van der Waals surface area contributed by atoms with Crippen LogP contribution >= 0.6 is 11.6 Å². The highest BCUT2D eigenvalue weighted by Crippen LogP contribution is 2.28. The molecule has 0 atom stereocenters. The number of nitrogens with one attached hydrogen (secondary N) is 2. The third-order valence-electron chi connectivity index (χ3n) is 4.29. The van der Waals surface area contributed by atoms with Gasteiger partial charge in [0.15, 0.2) is 0 Å². The number of methoxy groups -OCH3 is 1. The first kappa shape index (κ1) is 16.7. The van der Waals surface area contributed by atoms with Crippen LogP contribution in [0.15, 0.2) is 36.5 Å². The lowest BCUT2D eigenvalue weighted by molar-refractivity contribution is -0.105. The fraction of sp³-hybridized carbons (Fsp3) is 0.222. The molecule has 0 spiro atoms. The molecule has 0 saturated carbocycles. The predicted octanol–water partition coefficient (Wildman–Crippen LogP) is 3.75. The summed E-state index contributed by atoms with van der Waals surface area (Å²) in [5, 5.41) is 5.86. The zero-order chi connectivity index (χ0) is 18.1. The van der Waals surface area contributed by atoms with Crippen molar-refractivity contribution in [3.05, 3.63) is 52.8 Å². The van der Waals surface area contributed by atoms with Gasteiger partial charge in [0.2, 0.25) is 0 Å².